The lowest BCUT2D eigenvalue weighted by molar-refractivity contribution is -0.124. The van der Waals surface area contributed by atoms with Crippen LogP contribution in [0, 0.1) is 0 Å². The third-order valence-electron chi connectivity index (χ3n) is 4.01. The average molecular weight is 354 g/mol. The van der Waals surface area contributed by atoms with Gasteiger partial charge in [-0.1, -0.05) is 43.3 Å². The minimum absolute atomic E-state index is 0.0377. The van der Waals surface area contributed by atoms with E-state index in [0.29, 0.717) is 19.4 Å². The van der Waals surface area contributed by atoms with E-state index in [4.69, 9.17) is 4.74 Å². The highest BCUT2D eigenvalue weighted by Crippen LogP contribution is 2.19. The molecule has 0 aliphatic carbocycles. The topological polar surface area (TPSA) is 67.4 Å². The third-order valence-corrected chi connectivity index (χ3v) is 4.01. The Labute approximate surface area is 154 Å². The van der Waals surface area contributed by atoms with E-state index in [0.717, 1.165) is 29.0 Å². The van der Waals surface area contributed by atoms with Gasteiger partial charge < -0.3 is 15.4 Å². The molecule has 0 aliphatic heterocycles. The monoisotopic (exact) mass is 354 g/mol. The molecular weight excluding hydrogens is 328 g/mol. The molecule has 0 fully saturated rings. The van der Waals surface area contributed by atoms with Gasteiger partial charge in [-0.25, -0.2) is 0 Å². The Morgan fingerprint density at radius 1 is 0.923 bits per heavy atom. The molecule has 0 radical (unpaired) electrons. The number of amides is 2. The van der Waals surface area contributed by atoms with Crippen molar-refractivity contribution in [1.82, 2.24) is 5.32 Å². The normalized spacial score (nSPS) is 10.2. The van der Waals surface area contributed by atoms with Crippen molar-refractivity contribution >= 4 is 17.5 Å². The molecule has 5 heteroatoms. The minimum Gasteiger partial charge on any atom is -0.494 e. The van der Waals surface area contributed by atoms with Crippen molar-refractivity contribution in [2.45, 2.75) is 33.1 Å². The number of ether oxygens (including phenoxy) is 1. The van der Waals surface area contributed by atoms with E-state index in [9.17, 15) is 9.59 Å². The van der Waals surface area contributed by atoms with E-state index in [1.54, 1.807) is 0 Å². The summed E-state index contributed by atoms with van der Waals surface area (Å²) in [5.74, 6) is 0.418. The number of hydrogen-bond donors (Lipinski definition) is 2. The fourth-order valence-electron chi connectivity index (χ4n) is 2.67. The van der Waals surface area contributed by atoms with E-state index < -0.39 is 0 Å². The molecule has 138 valence electrons. The first-order valence-electron chi connectivity index (χ1n) is 8.99. The Kier molecular flexibility index (Phi) is 7.68. The molecular formula is C21H26N2O3. The molecule has 0 bridgehead atoms. The maximum absolute atomic E-state index is 12.1. The standard InChI is InChI=1S/C21H26N2O3/c1-3-16-9-5-7-11-18(16)23-21(25)15-22-20(24)14-13-17-10-6-8-12-19(17)26-4-2/h5-12H,3-4,13-15H2,1-2H3,(H,22,24)(H,23,25). The van der Waals surface area contributed by atoms with Crippen LogP contribution in [0.5, 0.6) is 5.75 Å². The minimum atomic E-state index is -0.228. The number of anilines is 1. The molecule has 0 aliphatic rings. The number of carbonyl (C=O) groups is 2. The van der Waals surface area contributed by atoms with Gasteiger partial charge in [-0.15, -0.1) is 0 Å². The van der Waals surface area contributed by atoms with Gasteiger partial charge in [-0.2, -0.15) is 0 Å². The quantitative estimate of drug-likeness (QED) is 0.726. The van der Waals surface area contributed by atoms with Gasteiger partial charge in [0.2, 0.25) is 11.8 Å². The van der Waals surface area contributed by atoms with Crippen molar-refractivity contribution in [3.05, 3.63) is 59.7 Å². The maximum atomic E-state index is 12.1. The summed E-state index contributed by atoms with van der Waals surface area (Å²) in [6.07, 6.45) is 1.72. The molecule has 2 aromatic carbocycles. The molecule has 0 saturated heterocycles. The second-order valence-corrected chi connectivity index (χ2v) is 5.88. The summed E-state index contributed by atoms with van der Waals surface area (Å²) in [5, 5.41) is 5.51. The van der Waals surface area contributed by atoms with Crippen molar-refractivity contribution in [3.8, 4) is 5.75 Å². The summed E-state index contributed by atoms with van der Waals surface area (Å²) in [4.78, 5) is 24.1. The molecule has 5 nitrogen and oxygen atoms in total. The lowest BCUT2D eigenvalue weighted by Crippen LogP contribution is -2.33. The highest BCUT2D eigenvalue weighted by atomic mass is 16.5. The van der Waals surface area contributed by atoms with Crippen molar-refractivity contribution in [2.24, 2.45) is 0 Å². The van der Waals surface area contributed by atoms with E-state index in [-0.39, 0.29) is 18.4 Å². The van der Waals surface area contributed by atoms with Crippen LogP contribution in [-0.2, 0) is 22.4 Å². The molecule has 2 aromatic rings. The molecule has 2 amide bonds. The summed E-state index contributed by atoms with van der Waals surface area (Å²) in [7, 11) is 0. The van der Waals surface area contributed by atoms with Crippen LogP contribution in [0.1, 0.15) is 31.4 Å². The molecule has 0 spiro atoms. The van der Waals surface area contributed by atoms with Crippen LogP contribution in [0.3, 0.4) is 0 Å². The average Bonchev–Trinajstić information content (AvgIpc) is 2.66. The van der Waals surface area contributed by atoms with Gasteiger partial charge in [0.1, 0.15) is 5.75 Å². The van der Waals surface area contributed by atoms with Crippen molar-refractivity contribution in [1.29, 1.82) is 0 Å². The molecule has 0 atom stereocenters. The van der Waals surface area contributed by atoms with Gasteiger partial charge in [-0.3, -0.25) is 9.59 Å². The van der Waals surface area contributed by atoms with Crippen molar-refractivity contribution in [3.63, 3.8) is 0 Å². The number of hydrogen-bond acceptors (Lipinski definition) is 3. The van der Waals surface area contributed by atoms with Crippen LogP contribution >= 0.6 is 0 Å². The van der Waals surface area contributed by atoms with Crippen LogP contribution in [0.2, 0.25) is 0 Å². The fourth-order valence-corrected chi connectivity index (χ4v) is 2.67. The Morgan fingerprint density at radius 2 is 1.62 bits per heavy atom. The van der Waals surface area contributed by atoms with Crippen LogP contribution in [0.4, 0.5) is 5.69 Å². The van der Waals surface area contributed by atoms with Gasteiger partial charge >= 0.3 is 0 Å². The first-order chi connectivity index (χ1) is 12.6. The van der Waals surface area contributed by atoms with Gasteiger partial charge in [0.25, 0.3) is 0 Å². The second-order valence-electron chi connectivity index (χ2n) is 5.88. The van der Waals surface area contributed by atoms with Crippen LogP contribution in [-0.4, -0.2) is 25.0 Å². The largest absolute Gasteiger partial charge is 0.494 e. The molecule has 2 N–H and O–H groups in total. The predicted molar refractivity (Wildman–Crippen MR) is 103 cm³/mol. The van der Waals surface area contributed by atoms with Crippen LogP contribution in [0.25, 0.3) is 0 Å². The number of benzene rings is 2. The molecule has 0 heterocycles. The van der Waals surface area contributed by atoms with E-state index in [1.807, 2.05) is 62.4 Å². The molecule has 2 rings (SSSR count). The summed E-state index contributed by atoms with van der Waals surface area (Å²) < 4.78 is 5.56. The smallest absolute Gasteiger partial charge is 0.243 e. The highest BCUT2D eigenvalue weighted by Gasteiger charge is 2.09. The molecule has 0 aromatic heterocycles. The molecule has 0 unspecified atom stereocenters. The predicted octanol–water partition coefficient (Wildman–Crippen LogP) is 3.34. The Bertz CT molecular complexity index is 744. The lowest BCUT2D eigenvalue weighted by Gasteiger charge is -2.11. The maximum Gasteiger partial charge on any atom is 0.243 e. The Balaban J connectivity index is 1.79. The third kappa shape index (κ3) is 5.92. The zero-order valence-electron chi connectivity index (χ0n) is 15.4. The first kappa shape index (κ1) is 19.5. The SMILES string of the molecule is CCOc1ccccc1CCC(=O)NCC(=O)Nc1ccccc1CC. The van der Waals surface area contributed by atoms with Gasteiger partial charge in [0, 0.05) is 12.1 Å². The van der Waals surface area contributed by atoms with E-state index in [1.165, 1.54) is 0 Å². The number of rotatable bonds is 9. The number of para-hydroxylation sites is 2. The first-order valence-corrected chi connectivity index (χ1v) is 8.99. The van der Waals surface area contributed by atoms with Gasteiger partial charge in [-0.05, 0) is 43.0 Å². The van der Waals surface area contributed by atoms with Crippen molar-refractivity contribution in [2.75, 3.05) is 18.5 Å². The van der Waals surface area contributed by atoms with E-state index >= 15 is 0 Å². The molecule has 0 saturated carbocycles. The summed E-state index contributed by atoms with van der Waals surface area (Å²) in [6.45, 7) is 4.51. The van der Waals surface area contributed by atoms with Gasteiger partial charge in [0.05, 0.1) is 13.2 Å². The number of aryl methyl sites for hydroxylation is 2. The van der Waals surface area contributed by atoms with Crippen LogP contribution in [0.15, 0.2) is 48.5 Å². The summed E-state index contributed by atoms with van der Waals surface area (Å²) in [5.41, 5.74) is 2.85. The summed E-state index contributed by atoms with van der Waals surface area (Å²) >= 11 is 0. The van der Waals surface area contributed by atoms with Crippen molar-refractivity contribution < 1.29 is 14.3 Å². The highest BCUT2D eigenvalue weighted by molar-refractivity contribution is 5.95. The van der Waals surface area contributed by atoms with E-state index in [2.05, 4.69) is 10.6 Å². The molecule has 26 heavy (non-hydrogen) atoms. The Hall–Kier alpha value is -2.82. The number of carbonyl (C=O) groups excluding carboxylic acids is 2. The summed E-state index contributed by atoms with van der Waals surface area (Å²) in [6, 6.07) is 15.3. The zero-order valence-corrected chi connectivity index (χ0v) is 15.4. The Morgan fingerprint density at radius 3 is 2.35 bits per heavy atom. The number of nitrogens with one attached hydrogen (secondary N) is 2. The lowest BCUT2D eigenvalue weighted by atomic mass is 10.1. The fraction of sp³-hybridized carbons (Fsp3) is 0.333. The van der Waals surface area contributed by atoms with Gasteiger partial charge in [0.15, 0.2) is 0 Å². The van der Waals surface area contributed by atoms with Crippen LogP contribution < -0.4 is 15.4 Å². The zero-order chi connectivity index (χ0) is 18.8. The second kappa shape index (κ2) is 10.2.